The maximum atomic E-state index is 13.4. The van der Waals surface area contributed by atoms with E-state index >= 15 is 0 Å². The summed E-state index contributed by atoms with van der Waals surface area (Å²) in [5, 5.41) is 0.124. The number of thiazole rings is 1. The molecule has 1 aromatic heterocycles. The number of aromatic nitrogens is 1. The first-order chi connectivity index (χ1) is 16.5. The molecule has 1 amide bonds. The number of benzene rings is 2. The van der Waals surface area contributed by atoms with Crippen molar-refractivity contribution in [2.45, 2.75) is 38.2 Å². The summed E-state index contributed by atoms with van der Waals surface area (Å²) < 4.78 is 92.0. The molecule has 2 aromatic carbocycles. The summed E-state index contributed by atoms with van der Waals surface area (Å²) in [7, 11) is 0. The molecule has 4 rings (SSSR count). The number of rotatable bonds is 6. The molecule has 5 nitrogen and oxygen atoms in total. The van der Waals surface area contributed by atoms with E-state index in [4.69, 9.17) is 9.47 Å². The maximum Gasteiger partial charge on any atom is 0.416 e. The van der Waals surface area contributed by atoms with E-state index in [1.54, 1.807) is 25.1 Å². The first kappa shape index (κ1) is 25.2. The van der Waals surface area contributed by atoms with E-state index in [1.165, 1.54) is 0 Å². The Bertz CT molecular complexity index is 1190. The second-order valence-corrected chi connectivity index (χ2v) is 8.89. The maximum absolute atomic E-state index is 13.4. The Morgan fingerprint density at radius 1 is 1.14 bits per heavy atom. The lowest BCUT2D eigenvalue weighted by Crippen LogP contribution is -2.37. The van der Waals surface area contributed by atoms with Gasteiger partial charge < -0.3 is 9.47 Å². The van der Waals surface area contributed by atoms with Gasteiger partial charge in [-0.1, -0.05) is 17.4 Å². The Morgan fingerprint density at radius 3 is 2.40 bits per heavy atom. The molecule has 35 heavy (non-hydrogen) atoms. The van der Waals surface area contributed by atoms with Crippen LogP contribution in [-0.2, 0) is 17.1 Å². The molecule has 1 saturated heterocycles. The molecule has 1 unspecified atom stereocenters. The fraction of sp³-hybridized carbons (Fsp3) is 0.391. The van der Waals surface area contributed by atoms with Crippen molar-refractivity contribution in [1.29, 1.82) is 0 Å². The summed E-state index contributed by atoms with van der Waals surface area (Å²) in [4.78, 5) is 19.0. The molecule has 0 spiro atoms. The minimum absolute atomic E-state index is 0.00669. The van der Waals surface area contributed by atoms with Crippen molar-refractivity contribution in [2.75, 3.05) is 24.7 Å². The van der Waals surface area contributed by atoms with Gasteiger partial charge in [0.2, 0.25) is 0 Å². The third-order valence-corrected chi connectivity index (χ3v) is 6.43. The van der Waals surface area contributed by atoms with Crippen molar-refractivity contribution in [3.8, 4) is 5.75 Å². The van der Waals surface area contributed by atoms with Gasteiger partial charge in [0.15, 0.2) is 5.13 Å². The van der Waals surface area contributed by atoms with Crippen LogP contribution in [0.25, 0.3) is 10.2 Å². The van der Waals surface area contributed by atoms with E-state index in [0.29, 0.717) is 47.7 Å². The van der Waals surface area contributed by atoms with Crippen molar-refractivity contribution >= 4 is 32.6 Å². The number of amides is 1. The zero-order valence-electron chi connectivity index (χ0n) is 18.4. The number of anilines is 1. The van der Waals surface area contributed by atoms with Crippen molar-refractivity contribution in [3.63, 3.8) is 0 Å². The number of hydrogen-bond acceptors (Lipinski definition) is 5. The Kier molecular flexibility index (Phi) is 6.96. The van der Waals surface area contributed by atoms with Crippen molar-refractivity contribution < 1.29 is 40.6 Å². The third kappa shape index (κ3) is 5.53. The van der Waals surface area contributed by atoms with Gasteiger partial charge in [0.1, 0.15) is 11.3 Å². The van der Waals surface area contributed by atoms with Crippen molar-refractivity contribution in [2.24, 2.45) is 0 Å². The van der Waals surface area contributed by atoms with Crippen LogP contribution in [0.4, 0.5) is 31.5 Å². The molecule has 12 heteroatoms. The van der Waals surface area contributed by atoms with Crippen LogP contribution in [0, 0.1) is 0 Å². The molecule has 1 aliphatic heterocycles. The van der Waals surface area contributed by atoms with Gasteiger partial charge >= 0.3 is 12.4 Å². The summed E-state index contributed by atoms with van der Waals surface area (Å²) in [6.45, 7) is 2.52. The van der Waals surface area contributed by atoms with Crippen LogP contribution in [0.1, 0.15) is 41.3 Å². The van der Waals surface area contributed by atoms with E-state index in [-0.39, 0.29) is 17.7 Å². The Labute approximate surface area is 200 Å². The zero-order chi connectivity index (χ0) is 25.4. The minimum Gasteiger partial charge on any atom is -0.492 e. The van der Waals surface area contributed by atoms with Crippen molar-refractivity contribution in [1.82, 2.24) is 4.98 Å². The largest absolute Gasteiger partial charge is 0.492 e. The Hall–Kier alpha value is -2.86. The number of hydrogen-bond donors (Lipinski definition) is 0. The summed E-state index contributed by atoms with van der Waals surface area (Å²) in [6, 6.07) is 6.00. The number of fused-ring (bicyclic) bond motifs is 1. The molecule has 0 radical (unpaired) electrons. The SMILES string of the molecule is CCOc1cccc2sc(N(CC3CCCO3)C(=O)c3cc(C(F)(F)F)cc(C(F)(F)F)c3)nc12. The van der Waals surface area contributed by atoms with Crippen LogP contribution in [0.3, 0.4) is 0 Å². The number of alkyl halides is 6. The second-order valence-electron chi connectivity index (χ2n) is 7.88. The van der Waals surface area contributed by atoms with Crippen LogP contribution < -0.4 is 9.64 Å². The summed E-state index contributed by atoms with van der Waals surface area (Å²) in [5.41, 5.74) is -3.42. The van der Waals surface area contributed by atoms with Crippen LogP contribution in [-0.4, -0.2) is 36.8 Å². The number of carbonyl (C=O) groups excluding carboxylic acids is 1. The van der Waals surface area contributed by atoms with Gasteiger partial charge in [-0.3, -0.25) is 9.69 Å². The van der Waals surface area contributed by atoms with Gasteiger partial charge in [-0.2, -0.15) is 26.3 Å². The molecule has 0 bridgehead atoms. The van der Waals surface area contributed by atoms with Gasteiger partial charge in [-0.25, -0.2) is 4.98 Å². The Balaban J connectivity index is 1.81. The highest BCUT2D eigenvalue weighted by Gasteiger charge is 2.38. The summed E-state index contributed by atoms with van der Waals surface area (Å²) in [5.74, 6) is -0.579. The first-order valence-electron chi connectivity index (χ1n) is 10.7. The predicted molar refractivity (Wildman–Crippen MR) is 118 cm³/mol. The van der Waals surface area contributed by atoms with Crippen LogP contribution >= 0.6 is 11.3 Å². The van der Waals surface area contributed by atoms with E-state index < -0.39 is 41.1 Å². The van der Waals surface area contributed by atoms with Crippen LogP contribution in [0.2, 0.25) is 0 Å². The topological polar surface area (TPSA) is 51.7 Å². The normalized spacial score (nSPS) is 16.6. The molecule has 1 fully saturated rings. The Morgan fingerprint density at radius 2 is 1.83 bits per heavy atom. The molecule has 0 N–H and O–H groups in total. The minimum atomic E-state index is -5.07. The average Bonchev–Trinajstić information content (AvgIpc) is 3.46. The molecule has 1 aliphatic rings. The second kappa shape index (κ2) is 9.65. The molecular weight excluding hydrogens is 498 g/mol. The molecule has 188 valence electrons. The van der Waals surface area contributed by atoms with Gasteiger partial charge in [0, 0.05) is 12.2 Å². The quantitative estimate of drug-likeness (QED) is 0.347. The van der Waals surface area contributed by atoms with E-state index in [1.807, 2.05) is 0 Å². The standard InChI is InChI=1S/C23H20F6N2O3S/c1-2-33-17-6-3-7-18-19(17)30-21(35-18)31(12-16-5-4-8-34-16)20(32)13-9-14(22(24,25)26)11-15(10-13)23(27,28)29/h3,6-7,9-11,16H,2,4-5,8,12H2,1H3. The molecule has 1 atom stereocenters. The number of nitrogens with zero attached hydrogens (tertiary/aromatic N) is 2. The van der Waals surface area contributed by atoms with E-state index in [9.17, 15) is 31.1 Å². The van der Waals surface area contributed by atoms with Crippen LogP contribution in [0.5, 0.6) is 5.75 Å². The monoisotopic (exact) mass is 518 g/mol. The van der Waals surface area contributed by atoms with Gasteiger partial charge in [-0.05, 0) is 50.1 Å². The smallest absolute Gasteiger partial charge is 0.416 e. The van der Waals surface area contributed by atoms with Crippen molar-refractivity contribution in [3.05, 3.63) is 53.1 Å². The summed E-state index contributed by atoms with van der Waals surface area (Å²) >= 11 is 1.09. The molecule has 0 saturated carbocycles. The fourth-order valence-corrected chi connectivity index (χ4v) is 4.76. The van der Waals surface area contributed by atoms with E-state index in [0.717, 1.165) is 22.7 Å². The molecule has 0 aliphatic carbocycles. The predicted octanol–water partition coefficient (Wildman–Crippen LogP) is 6.56. The lowest BCUT2D eigenvalue weighted by Gasteiger charge is -2.24. The number of ether oxygens (including phenoxy) is 2. The first-order valence-corrected chi connectivity index (χ1v) is 11.5. The lowest BCUT2D eigenvalue weighted by molar-refractivity contribution is -0.143. The number of para-hydroxylation sites is 1. The van der Waals surface area contributed by atoms with Crippen LogP contribution in [0.15, 0.2) is 36.4 Å². The van der Waals surface area contributed by atoms with Gasteiger partial charge in [0.05, 0.1) is 35.1 Å². The molecule has 2 heterocycles. The highest BCUT2D eigenvalue weighted by atomic mass is 32.1. The summed E-state index contributed by atoms with van der Waals surface area (Å²) in [6.07, 6.45) is -9.25. The molecular formula is C23H20F6N2O3S. The highest BCUT2D eigenvalue weighted by molar-refractivity contribution is 7.22. The lowest BCUT2D eigenvalue weighted by atomic mass is 10.0. The highest BCUT2D eigenvalue weighted by Crippen LogP contribution is 2.38. The zero-order valence-corrected chi connectivity index (χ0v) is 19.2. The molecule has 3 aromatic rings. The van der Waals surface area contributed by atoms with E-state index in [2.05, 4.69) is 4.98 Å². The number of halogens is 6. The average molecular weight is 518 g/mol. The van der Waals surface area contributed by atoms with Gasteiger partial charge in [0.25, 0.3) is 5.91 Å². The third-order valence-electron chi connectivity index (χ3n) is 5.39. The fourth-order valence-electron chi connectivity index (χ4n) is 3.77. The number of carbonyl (C=O) groups is 1. The van der Waals surface area contributed by atoms with Gasteiger partial charge in [-0.15, -0.1) is 0 Å².